The molecule has 1 aromatic carbocycles. The lowest BCUT2D eigenvalue weighted by Gasteiger charge is -2.26. The standard InChI is InChI=1S/C9H9NO/c11-9-6-8(10-9)7-4-2-1-3-5-7/h1-5,8H,6H2,(H,10,11)/t8-/m1/s1. The topological polar surface area (TPSA) is 29.1 Å². The van der Waals surface area contributed by atoms with Crippen molar-refractivity contribution in [3.8, 4) is 0 Å². The number of hydrogen-bond donors (Lipinski definition) is 1. The summed E-state index contributed by atoms with van der Waals surface area (Å²) in [5.74, 6) is 0.152. The molecule has 1 fully saturated rings. The smallest absolute Gasteiger partial charge is 0.222 e. The molecule has 1 N–H and O–H groups in total. The van der Waals surface area contributed by atoms with E-state index in [-0.39, 0.29) is 11.9 Å². The predicted octanol–water partition coefficient (Wildman–Crippen LogP) is 1.25. The van der Waals surface area contributed by atoms with Crippen LogP contribution in [0.4, 0.5) is 0 Å². The molecule has 2 heteroatoms. The molecule has 1 aromatic rings. The summed E-state index contributed by atoms with van der Waals surface area (Å²) in [6.07, 6.45) is 0.643. The van der Waals surface area contributed by atoms with Gasteiger partial charge in [0.25, 0.3) is 0 Å². The Labute approximate surface area is 65.2 Å². The fraction of sp³-hybridized carbons (Fsp3) is 0.222. The lowest BCUT2D eigenvalue weighted by Crippen LogP contribution is -2.41. The van der Waals surface area contributed by atoms with Crippen molar-refractivity contribution in [2.75, 3.05) is 0 Å². The molecule has 0 unspecified atom stereocenters. The molecule has 11 heavy (non-hydrogen) atoms. The number of carbonyl (C=O) groups excluding carboxylic acids is 1. The van der Waals surface area contributed by atoms with Gasteiger partial charge >= 0.3 is 0 Å². The van der Waals surface area contributed by atoms with Crippen LogP contribution in [-0.2, 0) is 4.79 Å². The third kappa shape index (κ3) is 1.11. The lowest BCUT2D eigenvalue weighted by atomic mass is 9.98. The molecule has 2 nitrogen and oxygen atoms in total. The van der Waals surface area contributed by atoms with E-state index in [1.54, 1.807) is 0 Å². The van der Waals surface area contributed by atoms with Crippen LogP contribution in [0.1, 0.15) is 18.0 Å². The van der Waals surface area contributed by atoms with Crippen LogP contribution in [0.5, 0.6) is 0 Å². The van der Waals surface area contributed by atoms with Gasteiger partial charge in [-0.3, -0.25) is 4.79 Å². The van der Waals surface area contributed by atoms with Gasteiger partial charge in [-0.15, -0.1) is 0 Å². The highest BCUT2D eigenvalue weighted by atomic mass is 16.2. The zero-order valence-electron chi connectivity index (χ0n) is 6.08. The maximum absolute atomic E-state index is 10.6. The van der Waals surface area contributed by atoms with Gasteiger partial charge in [0.2, 0.25) is 5.91 Å². The lowest BCUT2D eigenvalue weighted by molar-refractivity contribution is -0.128. The first-order chi connectivity index (χ1) is 5.36. The summed E-state index contributed by atoms with van der Waals surface area (Å²) >= 11 is 0. The minimum atomic E-state index is 0.152. The number of carbonyl (C=O) groups is 1. The van der Waals surface area contributed by atoms with Crippen LogP contribution in [0.3, 0.4) is 0 Å². The maximum atomic E-state index is 10.6. The van der Waals surface area contributed by atoms with E-state index in [0.29, 0.717) is 6.42 Å². The largest absolute Gasteiger partial charge is 0.349 e. The molecule has 1 aliphatic rings. The Balaban J connectivity index is 2.13. The van der Waals surface area contributed by atoms with Crippen LogP contribution in [0, 0.1) is 0 Å². The zero-order valence-corrected chi connectivity index (χ0v) is 6.08. The van der Waals surface area contributed by atoms with Gasteiger partial charge in [0.1, 0.15) is 0 Å². The Bertz CT molecular complexity index is 260. The van der Waals surface area contributed by atoms with Gasteiger partial charge in [-0.2, -0.15) is 0 Å². The van der Waals surface area contributed by atoms with E-state index < -0.39 is 0 Å². The number of amides is 1. The van der Waals surface area contributed by atoms with E-state index in [0.717, 1.165) is 0 Å². The SMILES string of the molecule is O=C1C[C@H](c2ccccc2)N1. The van der Waals surface area contributed by atoms with Crippen molar-refractivity contribution >= 4 is 5.91 Å². The monoisotopic (exact) mass is 147 g/mol. The molecule has 2 rings (SSSR count). The van der Waals surface area contributed by atoms with Crippen molar-refractivity contribution in [3.05, 3.63) is 35.9 Å². The summed E-state index contributed by atoms with van der Waals surface area (Å²) in [7, 11) is 0. The summed E-state index contributed by atoms with van der Waals surface area (Å²) in [5.41, 5.74) is 1.20. The van der Waals surface area contributed by atoms with Gasteiger partial charge in [0.15, 0.2) is 0 Å². The van der Waals surface area contributed by atoms with Gasteiger partial charge in [0.05, 0.1) is 12.5 Å². The number of nitrogens with one attached hydrogen (secondary N) is 1. The Hall–Kier alpha value is -1.31. The van der Waals surface area contributed by atoms with Crippen LogP contribution in [0.15, 0.2) is 30.3 Å². The second-order valence-electron chi connectivity index (χ2n) is 2.73. The average Bonchev–Trinajstić information content (AvgIpc) is 2.01. The van der Waals surface area contributed by atoms with Gasteiger partial charge < -0.3 is 5.32 Å². The molecule has 1 aliphatic heterocycles. The van der Waals surface area contributed by atoms with E-state index in [9.17, 15) is 4.79 Å². The Morgan fingerprint density at radius 2 is 1.91 bits per heavy atom. The first-order valence-electron chi connectivity index (χ1n) is 3.70. The van der Waals surface area contributed by atoms with Crippen molar-refractivity contribution in [2.45, 2.75) is 12.5 Å². The molecule has 1 atom stereocenters. The van der Waals surface area contributed by atoms with E-state index in [1.807, 2.05) is 30.3 Å². The van der Waals surface area contributed by atoms with E-state index >= 15 is 0 Å². The van der Waals surface area contributed by atoms with Crippen molar-refractivity contribution in [1.29, 1.82) is 0 Å². The molecule has 1 amide bonds. The molecule has 0 spiro atoms. The van der Waals surface area contributed by atoms with Crippen molar-refractivity contribution in [1.82, 2.24) is 5.32 Å². The molecule has 1 heterocycles. The Kier molecular flexibility index (Phi) is 1.39. The molecular weight excluding hydrogens is 138 g/mol. The maximum Gasteiger partial charge on any atom is 0.222 e. The fourth-order valence-corrected chi connectivity index (χ4v) is 1.25. The molecule has 0 bridgehead atoms. The van der Waals surface area contributed by atoms with Crippen LogP contribution in [-0.4, -0.2) is 5.91 Å². The highest BCUT2D eigenvalue weighted by Gasteiger charge is 2.25. The molecule has 0 aromatic heterocycles. The minimum absolute atomic E-state index is 0.152. The van der Waals surface area contributed by atoms with Crippen LogP contribution >= 0.6 is 0 Å². The number of hydrogen-bond acceptors (Lipinski definition) is 1. The highest BCUT2D eigenvalue weighted by molar-refractivity contribution is 5.83. The number of β-lactam (4-membered cyclic amide) rings is 1. The Morgan fingerprint density at radius 3 is 2.45 bits per heavy atom. The van der Waals surface area contributed by atoms with Gasteiger partial charge in [-0.1, -0.05) is 30.3 Å². The minimum Gasteiger partial charge on any atom is -0.349 e. The first kappa shape index (κ1) is 6.40. The molecule has 1 saturated heterocycles. The predicted molar refractivity (Wildman–Crippen MR) is 41.9 cm³/mol. The first-order valence-corrected chi connectivity index (χ1v) is 3.70. The van der Waals surface area contributed by atoms with Crippen LogP contribution in [0.2, 0.25) is 0 Å². The van der Waals surface area contributed by atoms with Gasteiger partial charge in [-0.05, 0) is 5.56 Å². The van der Waals surface area contributed by atoms with Crippen LogP contribution < -0.4 is 5.32 Å². The van der Waals surface area contributed by atoms with Crippen molar-refractivity contribution in [2.24, 2.45) is 0 Å². The van der Waals surface area contributed by atoms with Crippen molar-refractivity contribution < 1.29 is 4.79 Å². The quantitative estimate of drug-likeness (QED) is 0.595. The van der Waals surface area contributed by atoms with Gasteiger partial charge in [0, 0.05) is 0 Å². The second kappa shape index (κ2) is 2.38. The van der Waals surface area contributed by atoms with E-state index in [2.05, 4.69) is 5.32 Å². The average molecular weight is 147 g/mol. The fourth-order valence-electron chi connectivity index (χ4n) is 1.25. The molecule has 0 radical (unpaired) electrons. The third-order valence-electron chi connectivity index (χ3n) is 1.93. The molecule has 0 aliphatic carbocycles. The summed E-state index contributed by atoms with van der Waals surface area (Å²) in [4.78, 5) is 10.6. The second-order valence-corrected chi connectivity index (χ2v) is 2.73. The van der Waals surface area contributed by atoms with Crippen molar-refractivity contribution in [3.63, 3.8) is 0 Å². The number of benzene rings is 1. The summed E-state index contributed by atoms with van der Waals surface area (Å²) in [6, 6.07) is 10.3. The zero-order chi connectivity index (χ0) is 7.68. The highest BCUT2D eigenvalue weighted by Crippen LogP contribution is 2.22. The summed E-state index contributed by atoms with van der Waals surface area (Å²) in [6.45, 7) is 0. The Morgan fingerprint density at radius 1 is 1.27 bits per heavy atom. The van der Waals surface area contributed by atoms with Gasteiger partial charge in [-0.25, -0.2) is 0 Å². The number of rotatable bonds is 1. The molecule has 56 valence electrons. The van der Waals surface area contributed by atoms with E-state index in [4.69, 9.17) is 0 Å². The third-order valence-corrected chi connectivity index (χ3v) is 1.93. The normalized spacial score (nSPS) is 22.2. The summed E-state index contributed by atoms with van der Waals surface area (Å²) < 4.78 is 0. The molecule has 0 saturated carbocycles. The van der Waals surface area contributed by atoms with E-state index in [1.165, 1.54) is 5.56 Å². The van der Waals surface area contributed by atoms with Crippen LogP contribution in [0.25, 0.3) is 0 Å². The summed E-state index contributed by atoms with van der Waals surface area (Å²) in [5, 5.41) is 2.82. The molecular formula is C9H9NO.